The molecule has 0 amide bonds. The van der Waals surface area contributed by atoms with Crippen LogP contribution >= 0.6 is 0 Å². The number of nitro groups is 1. The van der Waals surface area contributed by atoms with Crippen molar-refractivity contribution in [2.24, 2.45) is 0 Å². The van der Waals surface area contributed by atoms with Gasteiger partial charge in [0.25, 0.3) is 0 Å². The molecule has 1 aromatic heterocycles. The van der Waals surface area contributed by atoms with Crippen molar-refractivity contribution in [1.29, 1.82) is 0 Å². The summed E-state index contributed by atoms with van der Waals surface area (Å²) in [5.74, 6) is 0.413. The van der Waals surface area contributed by atoms with E-state index in [1.54, 1.807) is 7.11 Å². The minimum absolute atomic E-state index is 0.172. The molecule has 4 aromatic rings. The first-order chi connectivity index (χ1) is 13.7. The Morgan fingerprint density at radius 2 is 1.64 bits per heavy atom. The van der Waals surface area contributed by atoms with E-state index in [-0.39, 0.29) is 17.4 Å². The molecule has 1 N–H and O–H groups in total. The number of para-hydroxylation sites is 1. The molecule has 0 saturated carbocycles. The number of nitrogens with zero attached hydrogens (tertiary/aromatic N) is 1. The van der Waals surface area contributed by atoms with Gasteiger partial charge in [0.2, 0.25) is 6.54 Å². The molecule has 0 saturated heterocycles. The fourth-order valence-electron chi connectivity index (χ4n) is 3.71. The highest BCUT2D eigenvalue weighted by Gasteiger charge is 2.27. The average molecular weight is 372 g/mol. The molecule has 0 unspecified atom stereocenters. The van der Waals surface area contributed by atoms with Gasteiger partial charge in [-0.05, 0) is 47.0 Å². The third kappa shape index (κ3) is 3.34. The van der Waals surface area contributed by atoms with Crippen molar-refractivity contribution in [3.05, 3.63) is 100 Å². The zero-order valence-electron chi connectivity index (χ0n) is 15.5. The number of aromatic nitrogens is 1. The fraction of sp³-hybridized carbons (Fsp3) is 0.130. The Kier molecular flexibility index (Phi) is 4.81. The number of ether oxygens (including phenoxy) is 1. The van der Waals surface area contributed by atoms with Crippen LogP contribution in [0.3, 0.4) is 0 Å². The summed E-state index contributed by atoms with van der Waals surface area (Å²) in [5, 5.41) is 12.5. The van der Waals surface area contributed by atoms with Crippen LogP contribution in [0.1, 0.15) is 17.0 Å². The molecule has 5 heteroatoms. The number of nitrogens with one attached hydrogen (secondary N) is 1. The fourth-order valence-corrected chi connectivity index (χ4v) is 3.71. The number of hydrogen-bond acceptors (Lipinski definition) is 3. The first-order valence-corrected chi connectivity index (χ1v) is 9.09. The highest BCUT2D eigenvalue weighted by Crippen LogP contribution is 2.39. The van der Waals surface area contributed by atoms with E-state index in [2.05, 4.69) is 4.98 Å². The summed E-state index contributed by atoms with van der Waals surface area (Å²) >= 11 is 0. The smallest absolute Gasteiger partial charge is 0.214 e. The van der Waals surface area contributed by atoms with Crippen molar-refractivity contribution < 1.29 is 9.66 Å². The quantitative estimate of drug-likeness (QED) is 0.371. The molecule has 4 rings (SSSR count). The number of hydrogen-bond donors (Lipinski definition) is 1. The standard InChI is InChI=1S/C23H20N2O3/c1-28-18-13-11-17(12-14-18)23-22(19-9-5-6-10-21(19)24-23)20(15-25(26)27)16-7-3-2-4-8-16/h2-14,20,24H,15H2,1H3/t20-/m0/s1. The summed E-state index contributed by atoms with van der Waals surface area (Å²) < 4.78 is 5.26. The average Bonchev–Trinajstić information content (AvgIpc) is 3.12. The zero-order chi connectivity index (χ0) is 19.5. The zero-order valence-corrected chi connectivity index (χ0v) is 15.5. The molecule has 1 heterocycles. The van der Waals surface area contributed by atoms with Crippen LogP contribution in [-0.2, 0) is 0 Å². The Labute approximate surface area is 162 Å². The first kappa shape index (κ1) is 17.8. The molecule has 3 aromatic carbocycles. The van der Waals surface area contributed by atoms with Crippen LogP contribution < -0.4 is 4.74 Å². The van der Waals surface area contributed by atoms with Crippen molar-refractivity contribution in [3.8, 4) is 17.0 Å². The Bertz CT molecular complexity index is 1100. The van der Waals surface area contributed by atoms with Crippen LogP contribution in [0.15, 0.2) is 78.9 Å². The van der Waals surface area contributed by atoms with E-state index in [0.29, 0.717) is 0 Å². The number of aromatic amines is 1. The maximum Gasteiger partial charge on any atom is 0.214 e. The molecule has 28 heavy (non-hydrogen) atoms. The number of fused-ring (bicyclic) bond motifs is 1. The molecule has 140 valence electrons. The molecule has 5 nitrogen and oxygen atoms in total. The lowest BCUT2D eigenvalue weighted by molar-refractivity contribution is -0.481. The maximum absolute atomic E-state index is 11.5. The summed E-state index contributed by atoms with van der Waals surface area (Å²) in [7, 11) is 1.63. The van der Waals surface area contributed by atoms with Gasteiger partial charge in [0.05, 0.1) is 18.7 Å². The predicted molar refractivity (Wildman–Crippen MR) is 110 cm³/mol. The monoisotopic (exact) mass is 372 g/mol. The number of benzene rings is 3. The second-order valence-corrected chi connectivity index (χ2v) is 6.67. The van der Waals surface area contributed by atoms with E-state index >= 15 is 0 Å². The van der Waals surface area contributed by atoms with Gasteiger partial charge >= 0.3 is 0 Å². The van der Waals surface area contributed by atoms with Crippen LogP contribution in [-0.4, -0.2) is 23.6 Å². The largest absolute Gasteiger partial charge is 0.497 e. The third-order valence-electron chi connectivity index (χ3n) is 5.01. The molecular weight excluding hydrogens is 352 g/mol. The van der Waals surface area contributed by atoms with E-state index < -0.39 is 0 Å². The molecular formula is C23H20N2O3. The van der Waals surface area contributed by atoms with Gasteiger partial charge in [0.1, 0.15) is 5.75 Å². The van der Waals surface area contributed by atoms with Gasteiger partial charge in [-0.25, -0.2) is 0 Å². The van der Waals surface area contributed by atoms with Crippen molar-refractivity contribution >= 4 is 10.9 Å². The number of rotatable bonds is 6. The SMILES string of the molecule is COc1ccc(-c2[nH]c3ccccc3c2[C@@H](C[N+](=O)[O-])c2ccccc2)cc1. The van der Waals surface area contributed by atoms with E-state index in [1.807, 2.05) is 78.9 Å². The Morgan fingerprint density at radius 3 is 2.32 bits per heavy atom. The molecule has 1 atom stereocenters. The van der Waals surface area contributed by atoms with Crippen LogP contribution in [0.25, 0.3) is 22.2 Å². The third-order valence-corrected chi connectivity index (χ3v) is 5.01. The highest BCUT2D eigenvalue weighted by atomic mass is 16.6. The Balaban J connectivity index is 1.95. The van der Waals surface area contributed by atoms with Gasteiger partial charge in [0, 0.05) is 15.8 Å². The van der Waals surface area contributed by atoms with Gasteiger partial charge in [-0.15, -0.1) is 0 Å². The molecule has 0 aliphatic rings. The normalized spacial score (nSPS) is 12.0. The summed E-state index contributed by atoms with van der Waals surface area (Å²) in [5.41, 5.74) is 4.71. The van der Waals surface area contributed by atoms with Gasteiger partial charge < -0.3 is 9.72 Å². The summed E-state index contributed by atoms with van der Waals surface area (Å²) in [6.07, 6.45) is 0. The van der Waals surface area contributed by atoms with E-state index in [9.17, 15) is 10.1 Å². The Morgan fingerprint density at radius 1 is 0.964 bits per heavy atom. The topological polar surface area (TPSA) is 68.2 Å². The molecule has 0 aliphatic carbocycles. The number of H-pyrrole nitrogens is 1. The maximum atomic E-state index is 11.5. The second-order valence-electron chi connectivity index (χ2n) is 6.67. The predicted octanol–water partition coefficient (Wildman–Crippen LogP) is 5.25. The lowest BCUT2D eigenvalue weighted by Gasteiger charge is -2.16. The van der Waals surface area contributed by atoms with Gasteiger partial charge in [-0.3, -0.25) is 10.1 Å². The molecule has 0 aliphatic heterocycles. The van der Waals surface area contributed by atoms with Crippen molar-refractivity contribution in [2.75, 3.05) is 13.7 Å². The van der Waals surface area contributed by atoms with Gasteiger partial charge in [0.15, 0.2) is 0 Å². The Hall–Kier alpha value is -3.60. The van der Waals surface area contributed by atoms with Crippen molar-refractivity contribution in [2.45, 2.75) is 5.92 Å². The van der Waals surface area contributed by atoms with Crippen LogP contribution in [0, 0.1) is 10.1 Å². The van der Waals surface area contributed by atoms with Crippen LogP contribution in [0.4, 0.5) is 0 Å². The lowest BCUT2D eigenvalue weighted by atomic mass is 9.87. The first-order valence-electron chi connectivity index (χ1n) is 9.09. The van der Waals surface area contributed by atoms with Crippen molar-refractivity contribution in [1.82, 2.24) is 4.98 Å². The second kappa shape index (κ2) is 7.56. The molecule has 0 spiro atoms. The summed E-state index contributed by atoms with van der Waals surface area (Å²) in [6, 6.07) is 25.4. The van der Waals surface area contributed by atoms with E-state index in [0.717, 1.165) is 39.0 Å². The minimum atomic E-state index is -0.357. The molecule has 0 fully saturated rings. The molecule has 0 bridgehead atoms. The minimum Gasteiger partial charge on any atom is -0.497 e. The lowest BCUT2D eigenvalue weighted by Crippen LogP contribution is -2.14. The van der Waals surface area contributed by atoms with Gasteiger partial charge in [-0.1, -0.05) is 48.5 Å². The number of methoxy groups -OCH3 is 1. The van der Waals surface area contributed by atoms with Crippen molar-refractivity contribution in [3.63, 3.8) is 0 Å². The van der Waals surface area contributed by atoms with E-state index in [4.69, 9.17) is 4.74 Å². The van der Waals surface area contributed by atoms with Crippen LogP contribution in [0.2, 0.25) is 0 Å². The van der Waals surface area contributed by atoms with Crippen LogP contribution in [0.5, 0.6) is 5.75 Å². The summed E-state index contributed by atoms with van der Waals surface area (Å²) in [4.78, 5) is 14.8. The highest BCUT2D eigenvalue weighted by molar-refractivity contribution is 5.92. The van der Waals surface area contributed by atoms with Gasteiger partial charge in [-0.2, -0.15) is 0 Å². The molecule has 0 radical (unpaired) electrons. The summed E-state index contributed by atoms with van der Waals surface area (Å²) in [6.45, 7) is -0.172. The van der Waals surface area contributed by atoms with E-state index in [1.165, 1.54) is 0 Å².